The van der Waals surface area contributed by atoms with Crippen LogP contribution in [0.4, 0.5) is 0 Å². The summed E-state index contributed by atoms with van der Waals surface area (Å²) in [6.45, 7) is 6.07. The Morgan fingerprint density at radius 1 is 1.00 bits per heavy atom. The lowest BCUT2D eigenvalue weighted by Gasteiger charge is -2.26. The molecule has 3 N–H and O–H groups in total. The Morgan fingerprint density at radius 2 is 1.70 bits per heavy atom. The molecule has 0 radical (unpaired) electrons. The molecule has 154 valence electrons. The Hall–Kier alpha value is -3.37. The first-order valence-corrected chi connectivity index (χ1v) is 9.94. The standard InChI is InChI=1S/C20H22N8O2/c1-12-21-17(27-26-12)14-4-2-13(3-5-14)16-15(6-7-28-8-10-30-11-9-28)22-18-19(23-16)25-20(29)24-18/h2-5H,6-11H2,1H3,(H,21,26,27)(H2,22,23,24,25,29). The molecule has 0 saturated carbocycles. The minimum Gasteiger partial charge on any atom is -0.379 e. The lowest BCUT2D eigenvalue weighted by molar-refractivity contribution is 0.0383. The van der Waals surface area contributed by atoms with E-state index in [1.54, 1.807) is 0 Å². The molecule has 1 fully saturated rings. The van der Waals surface area contributed by atoms with Gasteiger partial charge < -0.3 is 4.74 Å². The van der Waals surface area contributed by atoms with Gasteiger partial charge in [-0.25, -0.2) is 19.7 Å². The van der Waals surface area contributed by atoms with Gasteiger partial charge in [0.2, 0.25) is 0 Å². The number of imidazole rings is 1. The Labute approximate surface area is 171 Å². The fourth-order valence-corrected chi connectivity index (χ4v) is 3.63. The third kappa shape index (κ3) is 3.74. The van der Waals surface area contributed by atoms with Crippen molar-refractivity contribution in [2.24, 2.45) is 0 Å². The van der Waals surface area contributed by atoms with E-state index in [2.05, 4.69) is 30.0 Å². The lowest BCUT2D eigenvalue weighted by atomic mass is 10.0. The van der Waals surface area contributed by atoms with E-state index in [4.69, 9.17) is 14.7 Å². The second-order valence-electron chi connectivity index (χ2n) is 7.32. The van der Waals surface area contributed by atoms with E-state index in [1.807, 2.05) is 31.2 Å². The van der Waals surface area contributed by atoms with Crippen LogP contribution in [0.2, 0.25) is 0 Å². The number of rotatable bonds is 5. The SMILES string of the molecule is Cc1nc(-c2ccc(-c3nc4[nH]c(=O)[nH]c4nc3CCN3CCOCC3)cc2)n[nH]1. The fraction of sp³-hybridized carbons (Fsp3) is 0.350. The fourth-order valence-electron chi connectivity index (χ4n) is 3.63. The summed E-state index contributed by atoms with van der Waals surface area (Å²) in [5.41, 5.74) is 4.10. The van der Waals surface area contributed by atoms with Gasteiger partial charge in [-0.2, -0.15) is 5.10 Å². The molecule has 5 rings (SSSR count). The number of nitrogens with zero attached hydrogens (tertiary/aromatic N) is 5. The van der Waals surface area contributed by atoms with Crippen LogP contribution in [-0.4, -0.2) is 72.9 Å². The summed E-state index contributed by atoms with van der Waals surface area (Å²) in [5, 5.41) is 7.07. The van der Waals surface area contributed by atoms with Crippen LogP contribution in [0.25, 0.3) is 33.9 Å². The molecule has 0 amide bonds. The highest BCUT2D eigenvalue weighted by Crippen LogP contribution is 2.25. The molecule has 0 spiro atoms. The lowest BCUT2D eigenvalue weighted by Crippen LogP contribution is -2.37. The molecule has 4 aromatic rings. The van der Waals surface area contributed by atoms with Crippen LogP contribution in [0.3, 0.4) is 0 Å². The Bertz CT molecular complexity index is 1220. The van der Waals surface area contributed by atoms with Gasteiger partial charge in [-0.1, -0.05) is 24.3 Å². The Kier molecular flexibility index (Phi) is 4.85. The molecular formula is C20H22N8O2. The van der Waals surface area contributed by atoms with Gasteiger partial charge in [-0.15, -0.1) is 0 Å². The molecule has 0 atom stereocenters. The van der Waals surface area contributed by atoms with E-state index >= 15 is 0 Å². The third-order valence-corrected chi connectivity index (χ3v) is 5.21. The van der Waals surface area contributed by atoms with Crippen LogP contribution in [0, 0.1) is 6.92 Å². The first kappa shape index (κ1) is 18.6. The topological polar surface area (TPSA) is 128 Å². The molecule has 10 nitrogen and oxygen atoms in total. The number of morpholine rings is 1. The quantitative estimate of drug-likeness (QED) is 0.455. The first-order valence-electron chi connectivity index (χ1n) is 9.94. The number of aromatic nitrogens is 7. The van der Waals surface area contributed by atoms with Gasteiger partial charge in [0.25, 0.3) is 0 Å². The molecule has 1 aliphatic rings. The molecule has 30 heavy (non-hydrogen) atoms. The zero-order valence-electron chi connectivity index (χ0n) is 16.6. The van der Waals surface area contributed by atoms with Crippen molar-refractivity contribution in [2.75, 3.05) is 32.8 Å². The van der Waals surface area contributed by atoms with E-state index in [9.17, 15) is 4.79 Å². The third-order valence-electron chi connectivity index (χ3n) is 5.21. The van der Waals surface area contributed by atoms with Crippen LogP contribution < -0.4 is 5.69 Å². The highest BCUT2D eigenvalue weighted by molar-refractivity contribution is 5.73. The molecule has 0 unspecified atom stereocenters. The van der Waals surface area contributed by atoms with Crippen molar-refractivity contribution in [3.63, 3.8) is 0 Å². The average molecular weight is 406 g/mol. The molecule has 10 heteroatoms. The summed E-state index contributed by atoms with van der Waals surface area (Å²) in [5.74, 6) is 1.43. The molecule has 0 aliphatic carbocycles. The monoisotopic (exact) mass is 406 g/mol. The zero-order valence-corrected chi connectivity index (χ0v) is 16.6. The van der Waals surface area contributed by atoms with Crippen LogP contribution in [0.15, 0.2) is 29.1 Å². The minimum atomic E-state index is -0.309. The summed E-state index contributed by atoms with van der Waals surface area (Å²) >= 11 is 0. The number of hydrogen-bond donors (Lipinski definition) is 3. The van der Waals surface area contributed by atoms with Gasteiger partial charge >= 0.3 is 5.69 Å². The van der Waals surface area contributed by atoms with Crippen molar-refractivity contribution >= 4 is 11.3 Å². The van der Waals surface area contributed by atoms with Gasteiger partial charge in [0, 0.05) is 37.2 Å². The smallest absolute Gasteiger partial charge is 0.326 e. The van der Waals surface area contributed by atoms with E-state index in [1.165, 1.54) is 0 Å². The number of ether oxygens (including phenoxy) is 1. The minimum absolute atomic E-state index is 0.309. The van der Waals surface area contributed by atoms with Gasteiger partial charge in [0.05, 0.1) is 24.6 Å². The van der Waals surface area contributed by atoms with Crippen molar-refractivity contribution in [3.05, 3.63) is 46.3 Å². The number of fused-ring (bicyclic) bond motifs is 1. The van der Waals surface area contributed by atoms with Crippen LogP contribution in [0.5, 0.6) is 0 Å². The van der Waals surface area contributed by atoms with Crippen molar-refractivity contribution in [2.45, 2.75) is 13.3 Å². The molecule has 0 bridgehead atoms. The predicted molar refractivity (Wildman–Crippen MR) is 111 cm³/mol. The summed E-state index contributed by atoms with van der Waals surface area (Å²) < 4.78 is 5.43. The van der Waals surface area contributed by atoms with Crippen molar-refractivity contribution in [1.29, 1.82) is 0 Å². The largest absolute Gasteiger partial charge is 0.379 e. The van der Waals surface area contributed by atoms with Crippen molar-refractivity contribution in [3.8, 4) is 22.6 Å². The number of aromatic amines is 3. The summed E-state index contributed by atoms with van der Waals surface area (Å²) in [4.78, 5) is 33.3. The summed E-state index contributed by atoms with van der Waals surface area (Å²) in [6, 6.07) is 7.91. The van der Waals surface area contributed by atoms with Crippen LogP contribution in [-0.2, 0) is 11.2 Å². The normalized spacial score (nSPS) is 15.1. The number of hydrogen-bond acceptors (Lipinski definition) is 7. The average Bonchev–Trinajstić information content (AvgIpc) is 3.36. The van der Waals surface area contributed by atoms with Gasteiger partial charge in [0.15, 0.2) is 17.1 Å². The highest BCUT2D eigenvalue weighted by Gasteiger charge is 2.16. The molecule has 4 heterocycles. The Morgan fingerprint density at radius 3 is 2.40 bits per heavy atom. The first-order chi connectivity index (χ1) is 14.7. The number of aryl methyl sites for hydroxylation is 1. The second kappa shape index (κ2) is 7.81. The van der Waals surface area contributed by atoms with Gasteiger partial charge in [-0.3, -0.25) is 20.0 Å². The van der Waals surface area contributed by atoms with E-state index in [0.29, 0.717) is 17.1 Å². The zero-order chi connectivity index (χ0) is 20.5. The van der Waals surface area contributed by atoms with Crippen molar-refractivity contribution < 1.29 is 4.74 Å². The maximum Gasteiger partial charge on any atom is 0.326 e. The maximum atomic E-state index is 11.7. The van der Waals surface area contributed by atoms with Crippen molar-refractivity contribution in [1.82, 2.24) is 40.0 Å². The summed E-state index contributed by atoms with van der Waals surface area (Å²) in [6.07, 6.45) is 0.730. The number of nitrogens with one attached hydrogen (secondary N) is 3. The summed E-state index contributed by atoms with van der Waals surface area (Å²) in [7, 11) is 0. The maximum absolute atomic E-state index is 11.7. The molecule has 3 aromatic heterocycles. The van der Waals surface area contributed by atoms with E-state index in [-0.39, 0.29) is 5.69 Å². The van der Waals surface area contributed by atoms with Crippen LogP contribution in [0.1, 0.15) is 11.5 Å². The van der Waals surface area contributed by atoms with Gasteiger partial charge in [-0.05, 0) is 6.92 Å². The van der Waals surface area contributed by atoms with E-state index < -0.39 is 0 Å². The number of H-pyrrole nitrogens is 3. The highest BCUT2D eigenvalue weighted by atomic mass is 16.5. The van der Waals surface area contributed by atoms with Crippen LogP contribution >= 0.6 is 0 Å². The Balaban J connectivity index is 1.48. The molecule has 1 saturated heterocycles. The van der Waals surface area contributed by atoms with E-state index in [0.717, 1.165) is 67.6 Å². The molecule has 1 aromatic carbocycles. The molecule has 1 aliphatic heterocycles. The van der Waals surface area contributed by atoms with Gasteiger partial charge in [0.1, 0.15) is 5.82 Å². The molecular weight excluding hydrogens is 384 g/mol. The second-order valence-corrected chi connectivity index (χ2v) is 7.32. The predicted octanol–water partition coefficient (Wildman–Crippen LogP) is 1.28. The number of benzene rings is 1.